The zero-order valence-corrected chi connectivity index (χ0v) is 5.92. The van der Waals surface area contributed by atoms with E-state index >= 15 is 0 Å². The van der Waals surface area contributed by atoms with E-state index in [2.05, 4.69) is 20.3 Å². The maximum Gasteiger partial charge on any atom is 2.00 e. The molecule has 36 valence electrons. The molecule has 0 saturated carbocycles. The molecule has 2 heteroatoms. The summed E-state index contributed by atoms with van der Waals surface area (Å²) in [6.07, 6.45) is 3.32. The third kappa shape index (κ3) is 22.5. The molecule has 0 fully saturated rings. The molecular formula is C4H11NTi. The van der Waals surface area contributed by atoms with E-state index < -0.39 is 0 Å². The van der Waals surface area contributed by atoms with Crippen LogP contribution in [0.3, 0.4) is 0 Å². The van der Waals surface area contributed by atoms with Crippen LogP contribution in [0.4, 0.5) is 0 Å². The number of nitrogens with two attached hydrogens (primary N) is 1. The molecule has 0 spiro atoms. The van der Waals surface area contributed by atoms with Crippen LogP contribution in [0, 0.1) is 6.42 Å². The second-order valence-electron chi connectivity index (χ2n) is 0.816. The van der Waals surface area contributed by atoms with Gasteiger partial charge in [0.05, 0.1) is 0 Å². The molecule has 0 aliphatic rings. The maximum atomic E-state index is 2.12. The first-order chi connectivity index (χ1) is 1.91. The Labute approximate surface area is 55.0 Å². The van der Waals surface area contributed by atoms with Crippen molar-refractivity contribution in [3.05, 3.63) is 12.6 Å². The third-order valence-corrected chi connectivity index (χ3v) is 0.408. The van der Waals surface area contributed by atoms with Gasteiger partial charge in [0.25, 0.3) is 0 Å². The van der Waals surface area contributed by atoms with Gasteiger partial charge in [0.2, 0.25) is 0 Å². The van der Waals surface area contributed by atoms with Crippen molar-refractivity contribution in [2.75, 3.05) is 0 Å². The van der Waals surface area contributed by atoms with E-state index in [0.29, 0.717) is 0 Å². The number of hydrogen-bond donors (Lipinski definition) is 0. The van der Waals surface area contributed by atoms with Gasteiger partial charge in [-0.15, -0.1) is 0 Å². The zero-order valence-electron chi connectivity index (χ0n) is 4.36. The molecule has 0 heterocycles. The Morgan fingerprint density at radius 1 is 1.50 bits per heavy atom. The van der Waals surface area contributed by atoms with E-state index in [0.717, 1.165) is 0 Å². The van der Waals surface area contributed by atoms with Crippen LogP contribution in [0.15, 0.2) is 0 Å². The second-order valence-corrected chi connectivity index (χ2v) is 0.816. The minimum Gasteiger partial charge on any atom is -0.693 e. The largest absolute Gasteiger partial charge is 2.00 e. The van der Waals surface area contributed by atoms with E-state index in [-0.39, 0.29) is 27.9 Å². The predicted octanol–water partition coefficient (Wildman–Crippen LogP) is 2.34. The van der Waals surface area contributed by atoms with Gasteiger partial charge in [-0.3, -0.25) is 0 Å². The summed E-state index contributed by atoms with van der Waals surface area (Å²) in [7, 11) is 0. The summed E-state index contributed by atoms with van der Waals surface area (Å²) in [5, 5.41) is 0. The summed E-state index contributed by atoms with van der Waals surface area (Å²) in [5.41, 5.74) is 0. The summed E-state index contributed by atoms with van der Waals surface area (Å²) < 4.78 is 0. The van der Waals surface area contributed by atoms with Gasteiger partial charge in [0, 0.05) is 0 Å². The van der Waals surface area contributed by atoms with Crippen LogP contribution in [-0.4, -0.2) is 0 Å². The Bertz CT molecular complexity index is 9.51. The average Bonchev–Trinajstić information content (AvgIpc) is 1.37. The normalized spacial score (nSPS) is 5.00. The molecule has 1 nitrogen and oxygen atoms in total. The van der Waals surface area contributed by atoms with Crippen LogP contribution in [0.5, 0.6) is 0 Å². The van der Waals surface area contributed by atoms with E-state index in [4.69, 9.17) is 0 Å². The van der Waals surface area contributed by atoms with Crippen molar-refractivity contribution in [1.29, 1.82) is 0 Å². The molecule has 0 aromatic rings. The van der Waals surface area contributed by atoms with Gasteiger partial charge in [-0.2, -0.15) is 13.3 Å². The summed E-state index contributed by atoms with van der Waals surface area (Å²) in [6.45, 7) is 4.18. The Morgan fingerprint density at radius 2 is 1.67 bits per heavy atom. The first kappa shape index (κ1) is 15.9. The topological polar surface area (TPSA) is 33.5 Å². The van der Waals surface area contributed by atoms with Crippen molar-refractivity contribution in [3.8, 4) is 0 Å². The Morgan fingerprint density at radius 3 is 1.67 bits per heavy atom. The van der Waals surface area contributed by atoms with Gasteiger partial charge in [-0.1, -0.05) is 6.92 Å². The Balaban J connectivity index is -0.0000000450. The molecule has 0 aliphatic carbocycles. The maximum absolute atomic E-state index is 2.12. The minimum absolute atomic E-state index is 0. The molecule has 0 atom stereocenters. The van der Waals surface area contributed by atoms with E-state index in [1.165, 1.54) is 6.42 Å². The van der Waals surface area contributed by atoms with Gasteiger partial charge < -0.3 is 12.6 Å². The molecule has 0 saturated heterocycles. The van der Waals surface area contributed by atoms with Crippen LogP contribution in [0.2, 0.25) is 0 Å². The first-order valence-corrected chi connectivity index (χ1v) is 1.69. The molecule has 2 N–H and O–H groups in total. The van der Waals surface area contributed by atoms with Crippen LogP contribution in [0.1, 0.15) is 20.3 Å². The van der Waals surface area contributed by atoms with Crippen molar-refractivity contribution in [3.63, 3.8) is 0 Å². The van der Waals surface area contributed by atoms with Gasteiger partial charge in [0.15, 0.2) is 0 Å². The number of unbranched alkanes of at least 4 members (excludes halogenated alkanes) is 1. The van der Waals surface area contributed by atoms with Crippen LogP contribution < -0.4 is 0 Å². The average molecular weight is 121 g/mol. The quantitative estimate of drug-likeness (QED) is 0.376. The smallest absolute Gasteiger partial charge is 0.693 e. The van der Waals surface area contributed by atoms with Crippen molar-refractivity contribution in [2.24, 2.45) is 0 Å². The van der Waals surface area contributed by atoms with Crippen molar-refractivity contribution in [2.45, 2.75) is 20.3 Å². The fourth-order valence-corrected chi connectivity index (χ4v) is 0. The van der Waals surface area contributed by atoms with Gasteiger partial charge in [-0.05, 0) is 0 Å². The Kier molecular flexibility index (Phi) is 46.0. The van der Waals surface area contributed by atoms with Crippen molar-refractivity contribution in [1.82, 2.24) is 0 Å². The summed E-state index contributed by atoms with van der Waals surface area (Å²) in [4.78, 5) is 0. The van der Waals surface area contributed by atoms with E-state index in [9.17, 15) is 0 Å². The molecule has 0 aliphatic heterocycles. The Hall–Kier alpha value is 0.674. The molecular weight excluding hydrogens is 110 g/mol. The van der Waals surface area contributed by atoms with Crippen LogP contribution in [0.25, 0.3) is 6.15 Å². The SMILES string of the molecule is C[CH-]CC.[NH2-].[Ti+2]. The molecule has 6 heavy (non-hydrogen) atoms. The fraction of sp³-hybridized carbons (Fsp3) is 0.750. The van der Waals surface area contributed by atoms with Crippen LogP contribution in [-0.2, 0) is 21.7 Å². The number of hydrogen-bond acceptors (Lipinski definition) is 0. The molecule has 0 unspecified atom stereocenters. The summed E-state index contributed by atoms with van der Waals surface area (Å²) >= 11 is 0. The minimum atomic E-state index is 0. The van der Waals surface area contributed by atoms with Gasteiger partial charge >= 0.3 is 21.7 Å². The molecule has 0 rings (SSSR count). The fourth-order valence-electron chi connectivity index (χ4n) is 0. The zero-order chi connectivity index (χ0) is 3.41. The second kappa shape index (κ2) is 17.3. The standard InChI is InChI=1S/C4H9.H2N.Ti/c1-3-4-2;;/h3H,4H2,1-2H3;1H2;/q2*-1;+2. The predicted molar refractivity (Wildman–Crippen MR) is 25.5 cm³/mol. The van der Waals surface area contributed by atoms with E-state index in [1.807, 2.05) is 0 Å². The molecule has 0 aromatic heterocycles. The van der Waals surface area contributed by atoms with Crippen molar-refractivity contribution < 1.29 is 21.7 Å². The molecule has 0 bridgehead atoms. The molecule has 0 amide bonds. The summed E-state index contributed by atoms with van der Waals surface area (Å²) in [5.74, 6) is 0. The third-order valence-electron chi connectivity index (χ3n) is 0.408. The summed E-state index contributed by atoms with van der Waals surface area (Å²) in [6, 6.07) is 0. The van der Waals surface area contributed by atoms with Crippen LogP contribution >= 0.6 is 0 Å². The first-order valence-electron chi connectivity index (χ1n) is 1.69. The van der Waals surface area contributed by atoms with Gasteiger partial charge in [0.1, 0.15) is 0 Å². The molecule has 0 aromatic carbocycles. The number of rotatable bonds is 1. The van der Waals surface area contributed by atoms with E-state index in [1.54, 1.807) is 0 Å². The monoisotopic (exact) mass is 121 g/mol. The molecule has 0 radical (unpaired) electrons. The van der Waals surface area contributed by atoms with Crippen molar-refractivity contribution >= 4 is 0 Å². The van der Waals surface area contributed by atoms with Gasteiger partial charge in [-0.25, -0.2) is 0 Å².